The Morgan fingerprint density at radius 3 is 2.76 bits per heavy atom. The third kappa shape index (κ3) is 4.88. The Morgan fingerprint density at radius 1 is 1.38 bits per heavy atom. The Bertz CT molecular complexity index is 569. The van der Waals surface area contributed by atoms with Crippen molar-refractivity contribution in [2.75, 3.05) is 5.32 Å². The number of carbonyl (C=O) groups is 1. The fourth-order valence-corrected chi connectivity index (χ4v) is 2.03. The lowest BCUT2D eigenvalue weighted by Crippen LogP contribution is -2.36. The lowest BCUT2D eigenvalue weighted by atomic mass is 10.0. The van der Waals surface area contributed by atoms with Gasteiger partial charge in [0.15, 0.2) is 0 Å². The quantitative estimate of drug-likeness (QED) is 0.794. The number of nitrogens with two attached hydrogens (primary N) is 1. The lowest BCUT2D eigenvalue weighted by Gasteiger charge is -2.14. The fraction of sp³-hybridized carbons (Fsp3) is 0.333. The number of benzene rings is 1. The summed E-state index contributed by atoms with van der Waals surface area (Å²) < 4.78 is 0. The van der Waals surface area contributed by atoms with Gasteiger partial charge in [-0.15, -0.1) is 12.4 Å². The summed E-state index contributed by atoms with van der Waals surface area (Å²) in [6.45, 7) is 4.10. The zero-order valence-corrected chi connectivity index (χ0v) is 13.0. The number of aromatic amines is 1. The predicted octanol–water partition coefficient (Wildman–Crippen LogP) is 2.81. The van der Waals surface area contributed by atoms with E-state index < -0.39 is 6.04 Å². The maximum absolute atomic E-state index is 12.0. The first-order chi connectivity index (χ1) is 9.56. The molecule has 0 radical (unpaired) electrons. The van der Waals surface area contributed by atoms with Crippen LogP contribution in [0.25, 0.3) is 11.3 Å². The van der Waals surface area contributed by atoms with Gasteiger partial charge in [-0.3, -0.25) is 9.89 Å². The van der Waals surface area contributed by atoms with Gasteiger partial charge in [0.2, 0.25) is 5.91 Å². The van der Waals surface area contributed by atoms with E-state index >= 15 is 0 Å². The molecule has 0 aliphatic carbocycles. The second-order valence-electron chi connectivity index (χ2n) is 5.28. The first-order valence-electron chi connectivity index (χ1n) is 6.72. The number of hydrogen-bond donors (Lipinski definition) is 3. The number of amides is 1. The van der Waals surface area contributed by atoms with Crippen LogP contribution in [0.5, 0.6) is 0 Å². The van der Waals surface area contributed by atoms with Crippen molar-refractivity contribution in [1.82, 2.24) is 10.2 Å². The minimum atomic E-state index is -0.481. The van der Waals surface area contributed by atoms with Crippen molar-refractivity contribution in [3.8, 4) is 11.3 Å². The van der Waals surface area contributed by atoms with Crippen molar-refractivity contribution < 1.29 is 4.79 Å². The molecule has 1 heterocycles. The number of rotatable bonds is 5. The summed E-state index contributed by atoms with van der Waals surface area (Å²) in [5.41, 5.74) is 8.49. The first kappa shape index (κ1) is 17.2. The molecular formula is C15H21ClN4O. The van der Waals surface area contributed by atoms with Crippen LogP contribution in [0.1, 0.15) is 20.3 Å². The van der Waals surface area contributed by atoms with Crippen LogP contribution >= 0.6 is 12.4 Å². The summed E-state index contributed by atoms with van der Waals surface area (Å²) >= 11 is 0. The maximum Gasteiger partial charge on any atom is 0.241 e. The molecule has 2 aromatic rings. The van der Waals surface area contributed by atoms with E-state index in [1.54, 1.807) is 6.20 Å². The smallest absolute Gasteiger partial charge is 0.241 e. The van der Waals surface area contributed by atoms with Crippen LogP contribution in [-0.4, -0.2) is 22.1 Å². The van der Waals surface area contributed by atoms with Gasteiger partial charge in [-0.1, -0.05) is 26.0 Å². The van der Waals surface area contributed by atoms with Crippen LogP contribution in [0.3, 0.4) is 0 Å². The number of hydrogen-bond acceptors (Lipinski definition) is 3. The molecule has 4 N–H and O–H groups in total. The molecular weight excluding hydrogens is 288 g/mol. The summed E-state index contributed by atoms with van der Waals surface area (Å²) in [6, 6.07) is 8.99. The van der Waals surface area contributed by atoms with Crippen molar-refractivity contribution in [2.24, 2.45) is 11.7 Å². The lowest BCUT2D eigenvalue weighted by molar-refractivity contribution is -0.117. The Kier molecular flexibility index (Phi) is 6.39. The number of carbonyl (C=O) groups excluding carboxylic acids is 1. The zero-order valence-electron chi connectivity index (χ0n) is 12.2. The number of nitrogens with one attached hydrogen (secondary N) is 2. The number of H-pyrrole nitrogens is 1. The first-order valence-corrected chi connectivity index (χ1v) is 6.72. The van der Waals surface area contributed by atoms with E-state index in [9.17, 15) is 4.79 Å². The average molecular weight is 309 g/mol. The molecule has 0 aliphatic heterocycles. The molecule has 1 aromatic carbocycles. The molecule has 1 amide bonds. The van der Waals surface area contributed by atoms with Crippen molar-refractivity contribution in [3.63, 3.8) is 0 Å². The Morgan fingerprint density at radius 2 is 2.14 bits per heavy atom. The van der Waals surface area contributed by atoms with Crippen molar-refractivity contribution in [1.29, 1.82) is 0 Å². The van der Waals surface area contributed by atoms with Crippen molar-refractivity contribution in [3.05, 3.63) is 36.5 Å². The van der Waals surface area contributed by atoms with E-state index in [4.69, 9.17) is 5.73 Å². The highest BCUT2D eigenvalue weighted by Gasteiger charge is 2.15. The number of nitrogens with zero attached hydrogens (tertiary/aromatic N) is 1. The third-order valence-electron chi connectivity index (χ3n) is 3.00. The van der Waals surface area contributed by atoms with Gasteiger partial charge in [0.1, 0.15) is 0 Å². The molecule has 2 rings (SSSR count). The fourth-order valence-electron chi connectivity index (χ4n) is 2.03. The molecule has 0 aliphatic rings. The van der Waals surface area contributed by atoms with Crippen LogP contribution in [0.2, 0.25) is 0 Å². The van der Waals surface area contributed by atoms with Gasteiger partial charge in [-0.2, -0.15) is 5.10 Å². The van der Waals surface area contributed by atoms with E-state index in [1.807, 2.05) is 44.2 Å². The van der Waals surface area contributed by atoms with Gasteiger partial charge in [0.25, 0.3) is 0 Å². The monoisotopic (exact) mass is 308 g/mol. The van der Waals surface area contributed by atoms with Gasteiger partial charge < -0.3 is 11.1 Å². The Hall–Kier alpha value is -1.85. The maximum atomic E-state index is 12.0. The largest absolute Gasteiger partial charge is 0.325 e. The summed E-state index contributed by atoms with van der Waals surface area (Å²) in [5, 5.41) is 9.66. The van der Waals surface area contributed by atoms with Gasteiger partial charge in [-0.25, -0.2) is 0 Å². The second-order valence-corrected chi connectivity index (χ2v) is 5.28. The Labute approximate surface area is 130 Å². The standard InChI is InChI=1S/C15H20N4O.ClH/c1-10(2)8-13(16)15(20)18-12-5-3-4-11(9-12)14-6-7-17-19-14;/h3-7,9-10,13H,8,16H2,1-2H3,(H,17,19)(H,18,20);1H/t13-;/m0./s1. The molecule has 0 bridgehead atoms. The van der Waals surface area contributed by atoms with E-state index in [0.29, 0.717) is 12.3 Å². The highest BCUT2D eigenvalue weighted by atomic mass is 35.5. The molecule has 0 unspecified atom stereocenters. The highest BCUT2D eigenvalue weighted by molar-refractivity contribution is 5.95. The summed E-state index contributed by atoms with van der Waals surface area (Å²) in [7, 11) is 0. The summed E-state index contributed by atoms with van der Waals surface area (Å²) in [4.78, 5) is 12.0. The molecule has 0 fully saturated rings. The molecule has 1 atom stereocenters. The van der Waals surface area contributed by atoms with Crippen LogP contribution in [-0.2, 0) is 4.79 Å². The number of anilines is 1. The zero-order chi connectivity index (χ0) is 14.5. The molecule has 6 heteroatoms. The Balaban J connectivity index is 0.00000220. The normalized spacial score (nSPS) is 11.8. The van der Waals surface area contributed by atoms with Gasteiger partial charge in [0, 0.05) is 17.4 Å². The molecule has 21 heavy (non-hydrogen) atoms. The average Bonchev–Trinajstić information content (AvgIpc) is 2.92. The van der Waals surface area contributed by atoms with Crippen LogP contribution < -0.4 is 11.1 Å². The molecule has 114 valence electrons. The molecule has 5 nitrogen and oxygen atoms in total. The minimum absolute atomic E-state index is 0. The van der Waals surface area contributed by atoms with Crippen molar-refractivity contribution in [2.45, 2.75) is 26.3 Å². The van der Waals surface area contributed by atoms with Gasteiger partial charge >= 0.3 is 0 Å². The van der Waals surface area contributed by atoms with E-state index in [2.05, 4.69) is 15.5 Å². The second kappa shape index (κ2) is 7.81. The SMILES string of the molecule is CC(C)C[C@H](N)C(=O)Nc1cccc(-c2ccn[nH]2)c1.Cl. The molecule has 0 saturated carbocycles. The van der Waals surface area contributed by atoms with E-state index in [-0.39, 0.29) is 18.3 Å². The minimum Gasteiger partial charge on any atom is -0.325 e. The van der Waals surface area contributed by atoms with Gasteiger partial charge in [0.05, 0.1) is 11.7 Å². The van der Waals surface area contributed by atoms with Gasteiger partial charge in [-0.05, 0) is 30.5 Å². The molecule has 0 saturated heterocycles. The van der Waals surface area contributed by atoms with Crippen molar-refractivity contribution >= 4 is 24.0 Å². The van der Waals surface area contributed by atoms with E-state index in [1.165, 1.54) is 0 Å². The number of aromatic nitrogens is 2. The summed E-state index contributed by atoms with van der Waals surface area (Å²) in [6.07, 6.45) is 2.37. The van der Waals surface area contributed by atoms with Crippen LogP contribution in [0.15, 0.2) is 36.5 Å². The van der Waals surface area contributed by atoms with Crippen LogP contribution in [0, 0.1) is 5.92 Å². The highest BCUT2D eigenvalue weighted by Crippen LogP contribution is 2.20. The topological polar surface area (TPSA) is 83.8 Å². The van der Waals surface area contributed by atoms with E-state index in [0.717, 1.165) is 16.9 Å². The predicted molar refractivity (Wildman–Crippen MR) is 87.3 cm³/mol. The van der Waals surface area contributed by atoms with Crippen LogP contribution in [0.4, 0.5) is 5.69 Å². The third-order valence-corrected chi connectivity index (χ3v) is 3.00. The number of halogens is 1. The molecule has 1 aromatic heterocycles. The summed E-state index contributed by atoms with van der Waals surface area (Å²) in [5.74, 6) is 0.243. The molecule has 0 spiro atoms.